The molecule has 128 valence electrons. The first-order valence-corrected chi connectivity index (χ1v) is 9.04. The number of benzene rings is 1. The summed E-state index contributed by atoms with van der Waals surface area (Å²) in [5, 5.41) is 2.98. The predicted octanol–water partition coefficient (Wildman–Crippen LogP) is 5.67. The molecule has 0 aliphatic rings. The van der Waals surface area contributed by atoms with E-state index in [9.17, 15) is 4.79 Å². The number of aryl methyl sites for hydroxylation is 1. The van der Waals surface area contributed by atoms with E-state index in [4.69, 9.17) is 12.2 Å². The first-order chi connectivity index (χ1) is 11.5. The van der Waals surface area contributed by atoms with Gasteiger partial charge in [0.1, 0.15) is 4.64 Å². The predicted molar refractivity (Wildman–Crippen MR) is 103 cm³/mol. The minimum atomic E-state index is -0.172. The second kappa shape index (κ2) is 8.78. The SMILES string of the molecule is CCCC(CC)Cc1cc(C)cc(NC(=O)c2ccc[nH]c2=S)c1. The van der Waals surface area contributed by atoms with Gasteiger partial charge in [-0.15, -0.1) is 0 Å². The van der Waals surface area contributed by atoms with Crippen molar-refractivity contribution in [3.8, 4) is 0 Å². The van der Waals surface area contributed by atoms with Gasteiger partial charge in [0.25, 0.3) is 5.91 Å². The fourth-order valence-electron chi connectivity index (χ4n) is 3.04. The zero-order valence-electron chi connectivity index (χ0n) is 14.7. The van der Waals surface area contributed by atoms with Crippen LogP contribution in [-0.2, 0) is 6.42 Å². The van der Waals surface area contributed by atoms with Gasteiger partial charge in [-0.3, -0.25) is 4.79 Å². The van der Waals surface area contributed by atoms with E-state index < -0.39 is 0 Å². The molecule has 2 aromatic rings. The number of hydrogen-bond acceptors (Lipinski definition) is 2. The van der Waals surface area contributed by atoms with Crippen molar-refractivity contribution >= 4 is 23.8 Å². The Labute approximate surface area is 149 Å². The Hall–Kier alpha value is -1.94. The van der Waals surface area contributed by atoms with Crippen LogP contribution in [0.3, 0.4) is 0 Å². The molecular formula is C20H26N2OS. The number of aromatic nitrogens is 1. The van der Waals surface area contributed by atoms with Crippen LogP contribution in [0.4, 0.5) is 5.69 Å². The summed E-state index contributed by atoms with van der Waals surface area (Å²) in [6, 6.07) is 9.81. The second-order valence-electron chi connectivity index (χ2n) is 6.34. The molecule has 0 fully saturated rings. The van der Waals surface area contributed by atoms with Crippen LogP contribution in [0.15, 0.2) is 36.5 Å². The molecule has 2 N–H and O–H groups in total. The summed E-state index contributed by atoms with van der Waals surface area (Å²) < 4.78 is 0.455. The van der Waals surface area contributed by atoms with Gasteiger partial charge in [0.05, 0.1) is 5.56 Å². The highest BCUT2D eigenvalue weighted by Gasteiger charge is 2.11. The van der Waals surface area contributed by atoms with Crippen molar-refractivity contribution in [1.29, 1.82) is 0 Å². The lowest BCUT2D eigenvalue weighted by Crippen LogP contribution is -2.13. The largest absolute Gasteiger partial charge is 0.352 e. The Kier molecular flexibility index (Phi) is 6.73. The molecule has 1 aromatic heterocycles. The molecule has 0 aliphatic heterocycles. The third-order valence-corrected chi connectivity index (χ3v) is 4.59. The van der Waals surface area contributed by atoms with E-state index in [-0.39, 0.29) is 5.91 Å². The van der Waals surface area contributed by atoms with E-state index >= 15 is 0 Å². The molecule has 2 rings (SSSR count). The Morgan fingerprint density at radius 2 is 2.08 bits per heavy atom. The van der Waals surface area contributed by atoms with Crippen LogP contribution in [0.2, 0.25) is 0 Å². The molecule has 1 aromatic carbocycles. The molecule has 1 amide bonds. The minimum Gasteiger partial charge on any atom is -0.352 e. The van der Waals surface area contributed by atoms with Gasteiger partial charge in [-0.1, -0.05) is 51.4 Å². The molecular weight excluding hydrogens is 316 g/mol. The number of amides is 1. The zero-order valence-corrected chi connectivity index (χ0v) is 15.5. The summed E-state index contributed by atoms with van der Waals surface area (Å²) in [7, 11) is 0. The summed E-state index contributed by atoms with van der Waals surface area (Å²) >= 11 is 5.18. The first kappa shape index (κ1) is 18.4. The van der Waals surface area contributed by atoms with Crippen LogP contribution in [0.25, 0.3) is 0 Å². The van der Waals surface area contributed by atoms with Gasteiger partial charge in [-0.25, -0.2) is 0 Å². The normalized spacial score (nSPS) is 12.0. The average molecular weight is 343 g/mol. The van der Waals surface area contributed by atoms with Gasteiger partial charge in [0, 0.05) is 11.9 Å². The number of rotatable bonds is 7. The highest BCUT2D eigenvalue weighted by molar-refractivity contribution is 7.71. The average Bonchev–Trinajstić information content (AvgIpc) is 2.54. The maximum atomic E-state index is 12.4. The van der Waals surface area contributed by atoms with Crippen molar-refractivity contribution in [3.63, 3.8) is 0 Å². The highest BCUT2D eigenvalue weighted by atomic mass is 32.1. The first-order valence-electron chi connectivity index (χ1n) is 8.63. The fraction of sp³-hybridized carbons (Fsp3) is 0.400. The number of H-pyrrole nitrogens is 1. The van der Waals surface area contributed by atoms with Crippen molar-refractivity contribution in [1.82, 2.24) is 4.98 Å². The van der Waals surface area contributed by atoms with Crippen molar-refractivity contribution < 1.29 is 4.79 Å². The molecule has 0 bridgehead atoms. The molecule has 4 heteroatoms. The Balaban J connectivity index is 2.17. The van der Waals surface area contributed by atoms with E-state index in [2.05, 4.69) is 43.2 Å². The smallest absolute Gasteiger partial charge is 0.258 e. The van der Waals surface area contributed by atoms with Crippen LogP contribution in [0.1, 0.15) is 54.6 Å². The van der Waals surface area contributed by atoms with Crippen LogP contribution < -0.4 is 5.32 Å². The summed E-state index contributed by atoms with van der Waals surface area (Å²) in [6.45, 7) is 6.54. The van der Waals surface area contributed by atoms with Gasteiger partial charge in [-0.05, 0) is 54.7 Å². The maximum absolute atomic E-state index is 12.4. The van der Waals surface area contributed by atoms with E-state index in [1.807, 2.05) is 6.07 Å². The summed E-state index contributed by atoms with van der Waals surface area (Å²) in [5.74, 6) is 0.525. The standard InChI is InChI=1S/C20H26N2OS/c1-4-7-15(5-2)12-16-10-14(3)11-17(13-16)22-19(23)18-8-6-9-21-20(18)24/h6,8-11,13,15H,4-5,7,12H2,1-3H3,(H,21,24)(H,22,23). The molecule has 0 saturated heterocycles. The molecule has 1 heterocycles. The molecule has 3 nitrogen and oxygen atoms in total. The van der Waals surface area contributed by atoms with Crippen LogP contribution in [0, 0.1) is 17.5 Å². The molecule has 0 spiro atoms. The topological polar surface area (TPSA) is 44.9 Å². The van der Waals surface area contributed by atoms with Crippen molar-refractivity contribution in [2.45, 2.75) is 46.5 Å². The maximum Gasteiger partial charge on any atom is 0.258 e. The highest BCUT2D eigenvalue weighted by Crippen LogP contribution is 2.22. The summed E-state index contributed by atoms with van der Waals surface area (Å²) in [4.78, 5) is 15.3. The number of hydrogen-bond donors (Lipinski definition) is 2. The van der Waals surface area contributed by atoms with Gasteiger partial charge >= 0.3 is 0 Å². The van der Waals surface area contributed by atoms with Crippen LogP contribution in [0.5, 0.6) is 0 Å². The molecule has 0 radical (unpaired) electrons. The lowest BCUT2D eigenvalue weighted by Gasteiger charge is -2.15. The Morgan fingerprint density at radius 1 is 1.29 bits per heavy atom. The number of aromatic amines is 1. The minimum absolute atomic E-state index is 0.172. The van der Waals surface area contributed by atoms with Gasteiger partial charge in [-0.2, -0.15) is 0 Å². The van der Waals surface area contributed by atoms with Crippen molar-refractivity contribution in [3.05, 3.63) is 57.9 Å². The third kappa shape index (κ3) is 5.03. The number of pyridine rings is 1. The zero-order chi connectivity index (χ0) is 17.5. The fourth-order valence-corrected chi connectivity index (χ4v) is 3.27. The van der Waals surface area contributed by atoms with Crippen LogP contribution >= 0.6 is 12.2 Å². The molecule has 1 unspecified atom stereocenters. The molecule has 24 heavy (non-hydrogen) atoms. The lowest BCUT2D eigenvalue weighted by molar-refractivity contribution is 0.102. The molecule has 1 atom stereocenters. The molecule has 0 saturated carbocycles. The summed E-state index contributed by atoms with van der Waals surface area (Å²) in [5.41, 5.74) is 3.77. The van der Waals surface area contributed by atoms with Gasteiger partial charge in [0.15, 0.2) is 0 Å². The van der Waals surface area contributed by atoms with Crippen molar-refractivity contribution in [2.24, 2.45) is 5.92 Å². The van der Waals surface area contributed by atoms with Gasteiger partial charge in [0.2, 0.25) is 0 Å². The molecule has 0 aliphatic carbocycles. The third-order valence-electron chi connectivity index (χ3n) is 4.26. The number of carbonyl (C=O) groups excluding carboxylic acids is 1. The lowest BCUT2D eigenvalue weighted by atomic mass is 9.92. The number of carbonyl (C=O) groups is 1. The van der Waals surface area contributed by atoms with E-state index in [0.29, 0.717) is 16.1 Å². The van der Waals surface area contributed by atoms with Crippen molar-refractivity contribution in [2.75, 3.05) is 5.32 Å². The van der Waals surface area contributed by atoms with Gasteiger partial charge < -0.3 is 10.3 Å². The van der Waals surface area contributed by atoms with E-state index in [1.165, 1.54) is 24.8 Å². The van der Waals surface area contributed by atoms with E-state index in [1.54, 1.807) is 18.3 Å². The number of anilines is 1. The summed E-state index contributed by atoms with van der Waals surface area (Å²) in [6.07, 6.45) is 6.41. The van der Waals surface area contributed by atoms with E-state index in [0.717, 1.165) is 17.7 Å². The Morgan fingerprint density at radius 3 is 2.75 bits per heavy atom. The second-order valence-corrected chi connectivity index (χ2v) is 6.75. The monoisotopic (exact) mass is 342 g/mol. The Bertz CT molecular complexity index is 751. The quantitative estimate of drug-likeness (QED) is 0.636. The number of nitrogens with one attached hydrogen (secondary N) is 2. The van der Waals surface area contributed by atoms with Crippen LogP contribution in [-0.4, -0.2) is 10.9 Å².